The molecule has 21 heavy (non-hydrogen) atoms. The molecule has 3 N–H and O–H groups in total. The molecule has 0 saturated carbocycles. The molecule has 0 aliphatic carbocycles. The monoisotopic (exact) mass is 295 g/mol. The van der Waals surface area contributed by atoms with E-state index in [9.17, 15) is 14.9 Å². The number of nitrogen functional groups attached to an aromatic ring is 1. The van der Waals surface area contributed by atoms with E-state index in [1.807, 2.05) is 0 Å². The van der Waals surface area contributed by atoms with Crippen LogP contribution in [-0.4, -0.2) is 30.6 Å². The van der Waals surface area contributed by atoms with Crippen LogP contribution in [0.25, 0.3) is 0 Å². The molecule has 7 nitrogen and oxygen atoms in total. The van der Waals surface area contributed by atoms with Crippen molar-refractivity contribution in [3.63, 3.8) is 0 Å². The summed E-state index contributed by atoms with van der Waals surface area (Å²) in [5.41, 5.74) is 5.64. The van der Waals surface area contributed by atoms with Crippen molar-refractivity contribution in [3.8, 4) is 0 Å². The van der Waals surface area contributed by atoms with Crippen molar-refractivity contribution in [1.82, 2.24) is 5.32 Å². The van der Waals surface area contributed by atoms with Gasteiger partial charge in [-0.1, -0.05) is 13.3 Å². The number of ether oxygens (including phenoxy) is 1. The Labute approximate surface area is 123 Å². The molecule has 116 valence electrons. The van der Waals surface area contributed by atoms with Crippen LogP contribution in [0.4, 0.5) is 11.4 Å². The van der Waals surface area contributed by atoms with Crippen LogP contribution in [0.15, 0.2) is 18.2 Å². The minimum absolute atomic E-state index is 0.0180. The Balaban J connectivity index is 2.35. The molecule has 0 aliphatic heterocycles. The highest BCUT2D eigenvalue weighted by Gasteiger charge is 2.14. The number of unbranched alkanes of at least 4 members (excludes halogenated alkanes) is 1. The number of anilines is 1. The van der Waals surface area contributed by atoms with Gasteiger partial charge in [0.1, 0.15) is 5.69 Å². The van der Waals surface area contributed by atoms with E-state index in [-0.39, 0.29) is 17.3 Å². The third-order valence-electron chi connectivity index (χ3n) is 2.88. The first-order valence-electron chi connectivity index (χ1n) is 6.96. The zero-order chi connectivity index (χ0) is 15.7. The number of benzene rings is 1. The fourth-order valence-corrected chi connectivity index (χ4v) is 1.69. The van der Waals surface area contributed by atoms with E-state index >= 15 is 0 Å². The first-order chi connectivity index (χ1) is 10.1. The van der Waals surface area contributed by atoms with Crippen molar-refractivity contribution < 1.29 is 14.5 Å². The van der Waals surface area contributed by atoms with Crippen LogP contribution in [0.2, 0.25) is 0 Å². The molecular formula is C14H21N3O4. The summed E-state index contributed by atoms with van der Waals surface area (Å²) in [6.45, 7) is 3.92. The van der Waals surface area contributed by atoms with Crippen molar-refractivity contribution in [2.24, 2.45) is 0 Å². The molecule has 0 bridgehead atoms. The van der Waals surface area contributed by atoms with E-state index in [1.165, 1.54) is 18.2 Å². The summed E-state index contributed by atoms with van der Waals surface area (Å²) in [7, 11) is 0. The Kier molecular flexibility index (Phi) is 7.17. The van der Waals surface area contributed by atoms with Gasteiger partial charge in [-0.25, -0.2) is 0 Å². The summed E-state index contributed by atoms with van der Waals surface area (Å²) in [5, 5.41) is 13.4. The van der Waals surface area contributed by atoms with Gasteiger partial charge in [-0.15, -0.1) is 0 Å². The van der Waals surface area contributed by atoms with Gasteiger partial charge in [-0.2, -0.15) is 0 Å². The number of hydrogen-bond acceptors (Lipinski definition) is 5. The van der Waals surface area contributed by atoms with Crippen LogP contribution in [0.3, 0.4) is 0 Å². The third-order valence-corrected chi connectivity index (χ3v) is 2.88. The van der Waals surface area contributed by atoms with Crippen LogP contribution in [0.5, 0.6) is 0 Å². The van der Waals surface area contributed by atoms with Crippen LogP contribution in [-0.2, 0) is 4.74 Å². The Hall–Kier alpha value is -2.15. The second-order valence-corrected chi connectivity index (χ2v) is 4.61. The molecule has 0 saturated heterocycles. The van der Waals surface area contributed by atoms with Crippen molar-refractivity contribution in [2.75, 3.05) is 25.5 Å². The zero-order valence-electron chi connectivity index (χ0n) is 12.1. The van der Waals surface area contributed by atoms with Gasteiger partial charge >= 0.3 is 0 Å². The van der Waals surface area contributed by atoms with Gasteiger partial charge < -0.3 is 15.8 Å². The van der Waals surface area contributed by atoms with E-state index in [2.05, 4.69) is 12.2 Å². The topological polar surface area (TPSA) is 107 Å². The number of rotatable bonds is 9. The van der Waals surface area contributed by atoms with Gasteiger partial charge in [0.05, 0.1) is 4.92 Å². The number of nitro groups is 1. The molecule has 0 aromatic heterocycles. The fourth-order valence-electron chi connectivity index (χ4n) is 1.69. The second kappa shape index (κ2) is 8.91. The smallest absolute Gasteiger partial charge is 0.292 e. The van der Waals surface area contributed by atoms with Crippen LogP contribution < -0.4 is 11.1 Å². The number of nitrogens with two attached hydrogens (primary N) is 1. The second-order valence-electron chi connectivity index (χ2n) is 4.61. The zero-order valence-corrected chi connectivity index (χ0v) is 12.1. The Morgan fingerprint density at radius 2 is 2.10 bits per heavy atom. The third kappa shape index (κ3) is 5.78. The Morgan fingerprint density at radius 3 is 2.71 bits per heavy atom. The van der Waals surface area contributed by atoms with Crippen molar-refractivity contribution in [3.05, 3.63) is 33.9 Å². The maximum atomic E-state index is 11.8. The highest BCUT2D eigenvalue weighted by molar-refractivity contribution is 5.95. The van der Waals surface area contributed by atoms with Gasteiger partial charge in [0.15, 0.2) is 0 Å². The van der Waals surface area contributed by atoms with E-state index in [0.717, 1.165) is 25.9 Å². The summed E-state index contributed by atoms with van der Waals surface area (Å²) >= 11 is 0. The van der Waals surface area contributed by atoms with Crippen molar-refractivity contribution in [1.29, 1.82) is 0 Å². The summed E-state index contributed by atoms with van der Waals surface area (Å²) in [5.74, 6) is -0.301. The molecule has 7 heteroatoms. The largest absolute Gasteiger partial charge is 0.393 e. The number of nitrogens with one attached hydrogen (secondary N) is 1. The molecule has 0 spiro atoms. The average Bonchev–Trinajstić information content (AvgIpc) is 2.45. The van der Waals surface area contributed by atoms with E-state index in [4.69, 9.17) is 10.5 Å². The van der Waals surface area contributed by atoms with Gasteiger partial charge in [-0.3, -0.25) is 14.9 Å². The number of carbonyl (C=O) groups excluding carboxylic acids is 1. The molecule has 0 atom stereocenters. The lowest BCUT2D eigenvalue weighted by Crippen LogP contribution is -2.25. The minimum Gasteiger partial charge on any atom is -0.393 e. The summed E-state index contributed by atoms with van der Waals surface area (Å²) in [6, 6.07) is 3.94. The lowest BCUT2D eigenvalue weighted by Gasteiger charge is -2.07. The fraction of sp³-hybridized carbons (Fsp3) is 0.500. The highest BCUT2D eigenvalue weighted by Crippen LogP contribution is 2.21. The predicted molar refractivity (Wildman–Crippen MR) is 80.2 cm³/mol. The van der Waals surface area contributed by atoms with Crippen molar-refractivity contribution in [2.45, 2.75) is 26.2 Å². The van der Waals surface area contributed by atoms with Crippen LogP contribution in [0.1, 0.15) is 36.5 Å². The summed E-state index contributed by atoms with van der Waals surface area (Å²) < 4.78 is 5.38. The molecule has 1 rings (SSSR count). The number of amides is 1. The molecule has 1 aromatic rings. The van der Waals surface area contributed by atoms with Gasteiger partial charge in [-0.05, 0) is 25.0 Å². The maximum Gasteiger partial charge on any atom is 0.292 e. The minimum atomic E-state index is -0.579. The van der Waals surface area contributed by atoms with Gasteiger partial charge in [0.2, 0.25) is 0 Å². The first kappa shape index (κ1) is 16.9. The molecule has 0 unspecified atom stereocenters. The Morgan fingerprint density at radius 1 is 1.38 bits per heavy atom. The van der Waals surface area contributed by atoms with Crippen LogP contribution >= 0.6 is 0 Å². The average molecular weight is 295 g/mol. The first-order valence-corrected chi connectivity index (χ1v) is 6.96. The molecular weight excluding hydrogens is 274 g/mol. The maximum absolute atomic E-state index is 11.8. The molecule has 0 fully saturated rings. The normalized spacial score (nSPS) is 10.3. The standard InChI is InChI=1S/C14H21N3O4/c1-2-3-8-21-9-4-7-16-14(18)11-5-6-13(17(19)20)12(15)10-11/h5-6,10H,2-4,7-9,15H2,1H3,(H,16,18). The lowest BCUT2D eigenvalue weighted by atomic mass is 10.1. The van der Waals surface area contributed by atoms with E-state index < -0.39 is 4.92 Å². The predicted octanol–water partition coefficient (Wildman–Crippen LogP) is 2.11. The molecule has 0 radical (unpaired) electrons. The number of nitrogens with zero attached hydrogens (tertiary/aromatic N) is 1. The molecule has 1 amide bonds. The summed E-state index contributed by atoms with van der Waals surface area (Å²) in [6.07, 6.45) is 2.85. The van der Waals surface area contributed by atoms with Crippen LogP contribution in [0, 0.1) is 10.1 Å². The number of carbonyl (C=O) groups is 1. The van der Waals surface area contributed by atoms with Gasteiger partial charge in [0.25, 0.3) is 11.6 Å². The van der Waals surface area contributed by atoms with Gasteiger partial charge in [0, 0.05) is 31.4 Å². The quantitative estimate of drug-likeness (QED) is 0.314. The molecule has 0 aliphatic rings. The summed E-state index contributed by atoms with van der Waals surface area (Å²) in [4.78, 5) is 21.9. The molecule has 0 heterocycles. The SMILES string of the molecule is CCCCOCCCNC(=O)c1ccc([N+](=O)[O-])c(N)c1. The number of nitro benzene ring substituents is 1. The number of hydrogen-bond donors (Lipinski definition) is 2. The molecule has 1 aromatic carbocycles. The highest BCUT2D eigenvalue weighted by atomic mass is 16.6. The van der Waals surface area contributed by atoms with Crippen molar-refractivity contribution >= 4 is 17.3 Å². The Bertz CT molecular complexity index is 491. The van der Waals surface area contributed by atoms with E-state index in [1.54, 1.807) is 0 Å². The van der Waals surface area contributed by atoms with E-state index in [0.29, 0.717) is 18.7 Å². The lowest BCUT2D eigenvalue weighted by molar-refractivity contribution is -0.383.